The molecule has 20 heavy (non-hydrogen) atoms. The SMILES string of the molecule is CC(=O)Oc1ccccc1C(=O)[Se]c1ccc(Cl)cc1. The Labute approximate surface area is 128 Å². The topological polar surface area (TPSA) is 43.4 Å². The molecule has 0 fully saturated rings. The van der Waals surface area contributed by atoms with Crippen molar-refractivity contribution in [1.82, 2.24) is 0 Å². The summed E-state index contributed by atoms with van der Waals surface area (Å²) in [6, 6.07) is 13.9. The molecule has 0 saturated carbocycles. The van der Waals surface area contributed by atoms with Crippen LogP contribution in [-0.2, 0) is 4.79 Å². The Morgan fingerprint density at radius 3 is 2.35 bits per heavy atom. The van der Waals surface area contributed by atoms with Crippen LogP contribution in [0, 0.1) is 0 Å². The van der Waals surface area contributed by atoms with E-state index in [1.165, 1.54) is 6.92 Å². The molecule has 0 aliphatic carbocycles. The summed E-state index contributed by atoms with van der Waals surface area (Å²) in [5.41, 5.74) is 0.428. The first-order valence-corrected chi connectivity index (χ1v) is 7.90. The van der Waals surface area contributed by atoms with Crippen molar-refractivity contribution in [2.45, 2.75) is 6.92 Å². The summed E-state index contributed by atoms with van der Waals surface area (Å²) in [5, 5.41) is 0.636. The molecule has 0 radical (unpaired) electrons. The van der Waals surface area contributed by atoms with Gasteiger partial charge in [-0.2, -0.15) is 0 Å². The number of halogens is 1. The van der Waals surface area contributed by atoms with Crippen molar-refractivity contribution in [3.63, 3.8) is 0 Å². The van der Waals surface area contributed by atoms with E-state index in [-0.39, 0.29) is 19.6 Å². The second-order valence-electron chi connectivity index (χ2n) is 3.93. The Bertz CT molecular complexity index is 638. The van der Waals surface area contributed by atoms with E-state index >= 15 is 0 Å². The van der Waals surface area contributed by atoms with Gasteiger partial charge in [0.2, 0.25) is 0 Å². The van der Waals surface area contributed by atoms with Gasteiger partial charge in [-0.25, -0.2) is 0 Å². The van der Waals surface area contributed by atoms with E-state index in [1.807, 2.05) is 12.1 Å². The van der Waals surface area contributed by atoms with E-state index in [9.17, 15) is 9.59 Å². The van der Waals surface area contributed by atoms with Crippen LogP contribution in [0.5, 0.6) is 5.75 Å². The molecule has 0 unspecified atom stereocenters. The first kappa shape index (κ1) is 14.8. The molecule has 0 bridgehead atoms. The number of esters is 1. The Kier molecular flexibility index (Phi) is 4.96. The van der Waals surface area contributed by atoms with Gasteiger partial charge >= 0.3 is 128 Å². The van der Waals surface area contributed by atoms with E-state index in [1.54, 1.807) is 36.4 Å². The Morgan fingerprint density at radius 2 is 1.70 bits per heavy atom. The molecule has 2 rings (SSSR count). The average molecular weight is 354 g/mol. The van der Waals surface area contributed by atoms with Crippen LogP contribution in [-0.4, -0.2) is 25.6 Å². The molecule has 0 aliphatic heterocycles. The van der Waals surface area contributed by atoms with Gasteiger partial charge < -0.3 is 0 Å². The predicted molar refractivity (Wildman–Crippen MR) is 78.9 cm³/mol. The molecule has 0 N–H and O–H groups in total. The maximum absolute atomic E-state index is 12.3. The van der Waals surface area contributed by atoms with Crippen molar-refractivity contribution in [3.05, 3.63) is 59.1 Å². The summed E-state index contributed by atoms with van der Waals surface area (Å²) in [4.78, 5) is 23.3. The van der Waals surface area contributed by atoms with E-state index in [2.05, 4.69) is 0 Å². The second kappa shape index (κ2) is 6.71. The molecule has 102 valence electrons. The van der Waals surface area contributed by atoms with Gasteiger partial charge in [0.05, 0.1) is 0 Å². The summed E-state index contributed by atoms with van der Waals surface area (Å²) in [6.45, 7) is 1.31. The number of ether oxygens (including phenoxy) is 1. The summed E-state index contributed by atoms with van der Waals surface area (Å²) in [5.74, 6) is -0.134. The van der Waals surface area contributed by atoms with Gasteiger partial charge in [0.25, 0.3) is 0 Å². The molecule has 3 nitrogen and oxygen atoms in total. The van der Waals surface area contributed by atoms with Gasteiger partial charge in [0.15, 0.2) is 0 Å². The maximum atomic E-state index is 12.3. The van der Waals surface area contributed by atoms with Crippen LogP contribution >= 0.6 is 11.6 Å². The Hall–Kier alpha value is -1.61. The van der Waals surface area contributed by atoms with Crippen molar-refractivity contribution >= 4 is 41.7 Å². The number of carbonyl (C=O) groups is 2. The molecule has 2 aromatic rings. The zero-order valence-corrected chi connectivity index (χ0v) is 13.1. The van der Waals surface area contributed by atoms with Gasteiger partial charge in [-0.05, 0) is 0 Å². The summed E-state index contributed by atoms with van der Waals surface area (Å²) in [7, 11) is 0. The predicted octanol–water partition coefficient (Wildman–Crippen LogP) is 2.44. The first-order valence-electron chi connectivity index (χ1n) is 5.81. The second-order valence-corrected chi connectivity index (χ2v) is 6.56. The van der Waals surface area contributed by atoms with E-state index in [4.69, 9.17) is 16.3 Å². The van der Waals surface area contributed by atoms with Gasteiger partial charge in [-0.3, -0.25) is 0 Å². The number of hydrogen-bond donors (Lipinski definition) is 0. The fraction of sp³-hybridized carbons (Fsp3) is 0.0667. The minimum absolute atomic E-state index is 0.0447. The molecule has 5 heteroatoms. The van der Waals surface area contributed by atoms with E-state index in [0.717, 1.165) is 4.46 Å². The molecule has 0 aliphatic rings. The van der Waals surface area contributed by atoms with Crippen LogP contribution in [0.15, 0.2) is 48.5 Å². The van der Waals surface area contributed by atoms with Gasteiger partial charge in [-0.1, -0.05) is 0 Å². The third-order valence-electron chi connectivity index (χ3n) is 2.38. The van der Waals surface area contributed by atoms with Crippen molar-refractivity contribution < 1.29 is 14.3 Å². The summed E-state index contributed by atoms with van der Waals surface area (Å²) in [6.07, 6.45) is 0. The third kappa shape index (κ3) is 3.94. The van der Waals surface area contributed by atoms with Crippen LogP contribution in [0.4, 0.5) is 0 Å². The molecule has 0 spiro atoms. The minimum atomic E-state index is -0.441. The zero-order chi connectivity index (χ0) is 14.5. The third-order valence-corrected chi connectivity index (χ3v) is 4.55. The van der Waals surface area contributed by atoms with Crippen molar-refractivity contribution in [2.24, 2.45) is 0 Å². The number of benzene rings is 2. The van der Waals surface area contributed by atoms with Crippen LogP contribution in [0.3, 0.4) is 0 Å². The van der Waals surface area contributed by atoms with Crippen molar-refractivity contribution in [1.29, 1.82) is 0 Å². The summed E-state index contributed by atoms with van der Waals surface area (Å²) < 4.78 is 5.93. The Morgan fingerprint density at radius 1 is 1.05 bits per heavy atom. The van der Waals surface area contributed by atoms with Crippen molar-refractivity contribution in [2.75, 3.05) is 0 Å². The molecular weight excluding hydrogens is 343 g/mol. The van der Waals surface area contributed by atoms with Crippen LogP contribution in [0.1, 0.15) is 17.3 Å². The van der Waals surface area contributed by atoms with Crippen LogP contribution in [0.2, 0.25) is 5.02 Å². The van der Waals surface area contributed by atoms with Crippen molar-refractivity contribution in [3.8, 4) is 5.75 Å². The molecule has 0 atom stereocenters. The normalized spacial score (nSPS) is 10.1. The zero-order valence-electron chi connectivity index (χ0n) is 10.6. The summed E-state index contributed by atoms with van der Waals surface area (Å²) >= 11 is 5.42. The van der Waals surface area contributed by atoms with E-state index < -0.39 is 5.97 Å². The van der Waals surface area contributed by atoms with Gasteiger partial charge in [-0.15, -0.1) is 0 Å². The average Bonchev–Trinajstić information content (AvgIpc) is 2.41. The van der Waals surface area contributed by atoms with Crippen LogP contribution in [0.25, 0.3) is 0 Å². The van der Waals surface area contributed by atoms with E-state index in [0.29, 0.717) is 16.3 Å². The molecule has 0 heterocycles. The number of rotatable bonds is 4. The number of hydrogen-bond acceptors (Lipinski definition) is 3. The van der Waals surface area contributed by atoms with Gasteiger partial charge in [0, 0.05) is 0 Å². The Balaban J connectivity index is 2.20. The molecule has 0 aromatic heterocycles. The molecule has 2 aromatic carbocycles. The standard InChI is InChI=1S/C15H11ClO3Se/c1-10(17)19-14-5-3-2-4-13(14)15(18)20-12-8-6-11(16)7-9-12/h2-9H,1H3. The van der Waals surface area contributed by atoms with Gasteiger partial charge in [0.1, 0.15) is 0 Å². The van der Waals surface area contributed by atoms with Crippen LogP contribution < -0.4 is 9.20 Å². The molecule has 0 amide bonds. The number of carbonyl (C=O) groups excluding carboxylic acids is 2. The molecular formula is C15H11ClO3Se. The first-order chi connectivity index (χ1) is 9.56. The fourth-order valence-corrected chi connectivity index (χ4v) is 3.27. The fourth-order valence-electron chi connectivity index (χ4n) is 1.54. The monoisotopic (exact) mass is 354 g/mol. The quantitative estimate of drug-likeness (QED) is 0.482. The number of para-hydroxylation sites is 1. The molecule has 0 saturated heterocycles.